The van der Waals surface area contributed by atoms with Crippen molar-refractivity contribution in [1.82, 2.24) is 0 Å². The number of amides is 2. The number of rotatable bonds is 3. The molecule has 2 amide bonds. The van der Waals surface area contributed by atoms with E-state index in [1.165, 1.54) is 0 Å². The van der Waals surface area contributed by atoms with Crippen molar-refractivity contribution in [3.05, 3.63) is 58.1 Å². The first kappa shape index (κ1) is 16.7. The Morgan fingerprint density at radius 3 is 2.71 bits per heavy atom. The van der Waals surface area contributed by atoms with Gasteiger partial charge in [-0.05, 0) is 49.2 Å². The van der Waals surface area contributed by atoms with Crippen molar-refractivity contribution in [2.45, 2.75) is 20.3 Å². The molecule has 3 rings (SSSR count). The highest BCUT2D eigenvalue weighted by Gasteiger charge is 2.35. The highest BCUT2D eigenvalue weighted by atomic mass is 79.9. The van der Waals surface area contributed by atoms with Crippen molar-refractivity contribution in [1.29, 1.82) is 0 Å². The van der Waals surface area contributed by atoms with Gasteiger partial charge >= 0.3 is 0 Å². The average Bonchev–Trinajstić information content (AvgIpc) is 2.92. The number of carbonyl (C=O) groups is 2. The molecule has 124 valence electrons. The molecule has 1 fully saturated rings. The maximum atomic E-state index is 12.5. The second-order valence-corrected chi connectivity index (χ2v) is 7.04. The summed E-state index contributed by atoms with van der Waals surface area (Å²) in [5.74, 6) is -0.455. The first-order valence-electron chi connectivity index (χ1n) is 7.88. The van der Waals surface area contributed by atoms with E-state index in [1.807, 2.05) is 56.3 Å². The number of aryl methyl sites for hydroxylation is 1. The summed E-state index contributed by atoms with van der Waals surface area (Å²) in [6.45, 7) is 4.45. The molecule has 1 atom stereocenters. The van der Waals surface area contributed by atoms with Crippen LogP contribution in [0.2, 0.25) is 0 Å². The first-order valence-corrected chi connectivity index (χ1v) is 8.68. The fourth-order valence-corrected chi connectivity index (χ4v) is 3.35. The topological polar surface area (TPSA) is 49.4 Å². The van der Waals surface area contributed by atoms with Gasteiger partial charge in [0.05, 0.1) is 5.92 Å². The second-order valence-electron chi connectivity index (χ2n) is 6.12. The van der Waals surface area contributed by atoms with Crippen molar-refractivity contribution in [3.63, 3.8) is 0 Å². The highest BCUT2D eigenvalue weighted by molar-refractivity contribution is 9.10. The predicted molar refractivity (Wildman–Crippen MR) is 99.1 cm³/mol. The Hall–Kier alpha value is -2.14. The third-order valence-electron chi connectivity index (χ3n) is 4.45. The van der Waals surface area contributed by atoms with Crippen molar-refractivity contribution in [2.75, 3.05) is 16.8 Å². The Morgan fingerprint density at radius 1 is 1.21 bits per heavy atom. The van der Waals surface area contributed by atoms with E-state index in [0.717, 1.165) is 27.0 Å². The monoisotopic (exact) mass is 386 g/mol. The van der Waals surface area contributed by atoms with E-state index in [9.17, 15) is 9.59 Å². The van der Waals surface area contributed by atoms with Gasteiger partial charge in [-0.2, -0.15) is 0 Å². The molecule has 2 aromatic rings. The summed E-state index contributed by atoms with van der Waals surface area (Å²) >= 11 is 3.39. The maximum absolute atomic E-state index is 12.5. The van der Waals surface area contributed by atoms with E-state index in [2.05, 4.69) is 21.2 Å². The molecule has 1 aliphatic rings. The normalized spacial score (nSPS) is 17.2. The fraction of sp³-hybridized carbons (Fsp3) is 0.263. The molecule has 24 heavy (non-hydrogen) atoms. The molecule has 0 aromatic heterocycles. The lowest BCUT2D eigenvalue weighted by Gasteiger charge is -2.20. The van der Waals surface area contributed by atoms with Gasteiger partial charge in [0.2, 0.25) is 11.8 Å². The minimum Gasteiger partial charge on any atom is -0.326 e. The molecular formula is C19H19BrN2O2. The predicted octanol–water partition coefficient (Wildman–Crippen LogP) is 4.06. The largest absolute Gasteiger partial charge is 0.326 e. The molecule has 1 heterocycles. The van der Waals surface area contributed by atoms with Crippen LogP contribution in [0.25, 0.3) is 0 Å². The lowest BCUT2D eigenvalue weighted by molar-refractivity contribution is -0.122. The van der Waals surface area contributed by atoms with Crippen LogP contribution >= 0.6 is 15.9 Å². The molecule has 0 saturated carbocycles. The summed E-state index contributed by atoms with van der Waals surface area (Å²) in [6, 6.07) is 13.4. The molecule has 4 nitrogen and oxygen atoms in total. The molecule has 5 heteroatoms. The summed E-state index contributed by atoms with van der Waals surface area (Å²) in [6.07, 6.45) is 0.243. The van der Waals surface area contributed by atoms with Gasteiger partial charge in [0, 0.05) is 28.8 Å². The lowest BCUT2D eigenvalue weighted by atomic mass is 10.1. The second kappa shape index (κ2) is 6.77. The molecule has 1 aliphatic heterocycles. The van der Waals surface area contributed by atoms with E-state index < -0.39 is 0 Å². The molecular weight excluding hydrogens is 368 g/mol. The van der Waals surface area contributed by atoms with E-state index in [1.54, 1.807) is 4.90 Å². The van der Waals surface area contributed by atoms with Crippen LogP contribution in [-0.2, 0) is 9.59 Å². The Balaban J connectivity index is 1.74. The molecule has 0 aliphatic carbocycles. The van der Waals surface area contributed by atoms with Gasteiger partial charge in [-0.15, -0.1) is 0 Å². The fourth-order valence-electron chi connectivity index (χ4n) is 2.95. The number of carbonyl (C=O) groups excluding carboxylic acids is 2. The van der Waals surface area contributed by atoms with Crippen LogP contribution in [0.4, 0.5) is 11.4 Å². The molecule has 2 aromatic carbocycles. The minimum absolute atomic E-state index is 0.00177. The Bertz CT molecular complexity index is 804. The SMILES string of the molecule is Cc1cccc(N2C[C@@H](C(=O)Nc3cccc(Br)c3)CC2=O)c1C. The number of hydrogen-bond acceptors (Lipinski definition) is 2. The zero-order chi connectivity index (χ0) is 17.3. The van der Waals surface area contributed by atoms with E-state index in [0.29, 0.717) is 6.54 Å². The number of nitrogens with zero attached hydrogens (tertiary/aromatic N) is 1. The molecule has 0 bridgehead atoms. The summed E-state index contributed by atoms with van der Waals surface area (Å²) in [4.78, 5) is 26.6. The van der Waals surface area contributed by atoms with Crippen molar-refractivity contribution in [2.24, 2.45) is 5.92 Å². The number of anilines is 2. The van der Waals surface area contributed by atoms with E-state index in [4.69, 9.17) is 0 Å². The average molecular weight is 387 g/mol. The highest BCUT2D eigenvalue weighted by Crippen LogP contribution is 2.30. The lowest BCUT2D eigenvalue weighted by Crippen LogP contribution is -2.28. The third kappa shape index (κ3) is 3.36. The van der Waals surface area contributed by atoms with Crippen molar-refractivity contribution >= 4 is 39.1 Å². The molecule has 0 unspecified atom stereocenters. The smallest absolute Gasteiger partial charge is 0.229 e. The maximum Gasteiger partial charge on any atom is 0.229 e. The van der Waals surface area contributed by atoms with Gasteiger partial charge < -0.3 is 10.2 Å². The molecule has 0 spiro atoms. The quantitative estimate of drug-likeness (QED) is 0.864. The van der Waals surface area contributed by atoms with Gasteiger partial charge in [-0.1, -0.05) is 34.1 Å². The zero-order valence-electron chi connectivity index (χ0n) is 13.7. The molecule has 1 saturated heterocycles. The zero-order valence-corrected chi connectivity index (χ0v) is 15.3. The Morgan fingerprint density at radius 2 is 1.96 bits per heavy atom. The first-order chi connectivity index (χ1) is 11.5. The van der Waals surface area contributed by atoms with Gasteiger partial charge in [0.25, 0.3) is 0 Å². The van der Waals surface area contributed by atoms with Gasteiger partial charge in [-0.25, -0.2) is 0 Å². The molecule has 1 N–H and O–H groups in total. The summed E-state index contributed by atoms with van der Waals surface area (Å²) in [5.41, 5.74) is 3.85. The summed E-state index contributed by atoms with van der Waals surface area (Å²) in [5, 5.41) is 2.90. The standard InChI is InChI=1S/C19H19BrN2O2/c1-12-5-3-8-17(13(12)2)22-11-14(9-18(22)23)19(24)21-16-7-4-6-15(20)10-16/h3-8,10,14H,9,11H2,1-2H3,(H,21,24)/t14-/m0/s1. The van der Waals surface area contributed by atoms with Gasteiger partial charge in [0.15, 0.2) is 0 Å². The van der Waals surface area contributed by atoms with Crippen LogP contribution in [0.15, 0.2) is 46.9 Å². The van der Waals surface area contributed by atoms with E-state index in [-0.39, 0.29) is 24.2 Å². The number of benzene rings is 2. The van der Waals surface area contributed by atoms with E-state index >= 15 is 0 Å². The van der Waals surface area contributed by atoms with Gasteiger partial charge in [-0.3, -0.25) is 9.59 Å². The van der Waals surface area contributed by atoms with Crippen LogP contribution in [0.5, 0.6) is 0 Å². The van der Waals surface area contributed by atoms with Crippen LogP contribution in [-0.4, -0.2) is 18.4 Å². The Kier molecular flexibility index (Phi) is 4.71. The summed E-state index contributed by atoms with van der Waals surface area (Å²) in [7, 11) is 0. The van der Waals surface area contributed by atoms with Crippen LogP contribution in [0, 0.1) is 19.8 Å². The van der Waals surface area contributed by atoms with Crippen LogP contribution in [0.1, 0.15) is 17.5 Å². The minimum atomic E-state index is -0.337. The number of hydrogen-bond donors (Lipinski definition) is 1. The van der Waals surface area contributed by atoms with Crippen LogP contribution < -0.4 is 10.2 Å². The van der Waals surface area contributed by atoms with Crippen LogP contribution in [0.3, 0.4) is 0 Å². The Labute approximate surface area is 150 Å². The summed E-state index contributed by atoms with van der Waals surface area (Å²) < 4.78 is 0.903. The molecule has 0 radical (unpaired) electrons. The third-order valence-corrected chi connectivity index (χ3v) is 4.95. The van der Waals surface area contributed by atoms with Gasteiger partial charge in [0.1, 0.15) is 0 Å². The number of nitrogens with one attached hydrogen (secondary N) is 1. The van der Waals surface area contributed by atoms with Crippen molar-refractivity contribution < 1.29 is 9.59 Å². The number of halogens is 1. The van der Waals surface area contributed by atoms with Crippen molar-refractivity contribution in [3.8, 4) is 0 Å².